The molecule has 1 saturated carbocycles. The highest BCUT2D eigenvalue weighted by molar-refractivity contribution is 6.09. The van der Waals surface area contributed by atoms with Crippen LogP contribution < -0.4 is 5.32 Å². The lowest BCUT2D eigenvalue weighted by atomic mass is 9.54. The lowest BCUT2D eigenvalue weighted by Gasteiger charge is -2.50. The van der Waals surface area contributed by atoms with Crippen LogP contribution >= 0.6 is 0 Å². The van der Waals surface area contributed by atoms with E-state index in [1.165, 1.54) is 49.8 Å². The van der Waals surface area contributed by atoms with Crippen LogP contribution in [0.25, 0.3) is 0 Å². The summed E-state index contributed by atoms with van der Waals surface area (Å²) >= 11 is 0. The van der Waals surface area contributed by atoms with Crippen LogP contribution in [0.2, 0.25) is 0 Å². The van der Waals surface area contributed by atoms with Crippen LogP contribution in [0.4, 0.5) is 5.69 Å². The molecule has 1 unspecified atom stereocenters. The van der Waals surface area contributed by atoms with Crippen LogP contribution in [-0.4, -0.2) is 29.3 Å². The van der Waals surface area contributed by atoms with E-state index in [2.05, 4.69) is 46.0 Å². The minimum Gasteiger partial charge on any atom is -0.478 e. The normalized spacial score (nSPS) is 20.8. The van der Waals surface area contributed by atoms with Gasteiger partial charge < -0.3 is 15.3 Å². The molecule has 6 heteroatoms. The molecule has 1 aromatic rings. The number of allylic oxidation sites excluding steroid dienone is 3. The molecule has 0 spiro atoms. The first kappa shape index (κ1) is 29.7. The predicted molar refractivity (Wildman–Crippen MR) is 154 cm³/mol. The van der Waals surface area contributed by atoms with Crippen molar-refractivity contribution >= 4 is 23.3 Å². The Hall–Kier alpha value is -2.89. The monoisotopic (exact) mass is 522 g/mol. The van der Waals surface area contributed by atoms with Crippen LogP contribution in [-0.2, 0) is 9.63 Å². The topological polar surface area (TPSA) is 88.0 Å². The van der Waals surface area contributed by atoms with E-state index in [0.717, 1.165) is 37.0 Å². The molecule has 0 saturated heterocycles. The molecule has 0 heterocycles. The lowest BCUT2D eigenvalue weighted by molar-refractivity contribution is -0.115. The van der Waals surface area contributed by atoms with Crippen molar-refractivity contribution in [1.29, 1.82) is 0 Å². The van der Waals surface area contributed by atoms with Gasteiger partial charge in [-0.2, -0.15) is 0 Å². The molecule has 208 valence electrons. The minimum atomic E-state index is -0.992. The number of fused-ring (bicyclic) bond motifs is 1. The Labute approximate surface area is 228 Å². The number of carboxylic acid groups (broad SMARTS) is 1. The zero-order valence-corrected chi connectivity index (χ0v) is 23.9. The number of anilines is 1. The maximum atomic E-state index is 13.0. The van der Waals surface area contributed by atoms with E-state index in [1.54, 1.807) is 12.1 Å². The quantitative estimate of drug-likeness (QED) is 0.202. The standard InChI is InChI=1S/C32H46N2O4/c1-6-7-8-9-10-11-12-21-38-34-29-24(15-18-26-28(29)32(4,5)20-19-31(26,2)3)22-27(35)33-25-16-13-23(14-17-25)30(36)37/h13-18,28H,6-12,19-22H2,1-5H3,(H,33,35)(H,36,37). The minimum absolute atomic E-state index is 0.00543. The number of benzene rings is 1. The van der Waals surface area contributed by atoms with Crippen molar-refractivity contribution in [2.45, 2.75) is 98.8 Å². The van der Waals surface area contributed by atoms with Gasteiger partial charge in [-0.1, -0.05) is 89.6 Å². The maximum Gasteiger partial charge on any atom is 0.335 e. The van der Waals surface area contributed by atoms with Crippen molar-refractivity contribution in [3.63, 3.8) is 0 Å². The Kier molecular flexibility index (Phi) is 10.3. The third-order valence-electron chi connectivity index (χ3n) is 8.10. The van der Waals surface area contributed by atoms with E-state index in [4.69, 9.17) is 15.1 Å². The van der Waals surface area contributed by atoms with Gasteiger partial charge in [0.25, 0.3) is 0 Å². The summed E-state index contributed by atoms with van der Waals surface area (Å²) < 4.78 is 0. The molecule has 0 aliphatic heterocycles. The fourth-order valence-corrected chi connectivity index (χ4v) is 5.61. The zero-order chi connectivity index (χ0) is 27.8. The number of hydrogen-bond donors (Lipinski definition) is 2. The molecule has 38 heavy (non-hydrogen) atoms. The van der Waals surface area contributed by atoms with Crippen molar-refractivity contribution in [2.24, 2.45) is 21.9 Å². The van der Waals surface area contributed by atoms with E-state index >= 15 is 0 Å². The number of carbonyl (C=O) groups excluding carboxylic acids is 1. The molecule has 1 amide bonds. The highest BCUT2D eigenvalue weighted by atomic mass is 16.6. The Balaban J connectivity index is 1.73. The molecule has 1 fully saturated rings. The molecule has 3 rings (SSSR count). The van der Waals surface area contributed by atoms with Crippen molar-refractivity contribution in [3.8, 4) is 0 Å². The molecule has 2 aliphatic rings. The largest absolute Gasteiger partial charge is 0.478 e. The summed E-state index contributed by atoms with van der Waals surface area (Å²) in [5, 5.41) is 16.7. The van der Waals surface area contributed by atoms with Crippen LogP contribution in [0.15, 0.2) is 52.7 Å². The number of aromatic carboxylic acids is 1. The van der Waals surface area contributed by atoms with E-state index in [1.807, 2.05) is 6.08 Å². The van der Waals surface area contributed by atoms with E-state index in [0.29, 0.717) is 12.3 Å². The second-order valence-corrected chi connectivity index (χ2v) is 12.2. The predicted octanol–water partition coefficient (Wildman–Crippen LogP) is 8.17. The molecular formula is C32H46N2O4. The van der Waals surface area contributed by atoms with Crippen LogP contribution in [0, 0.1) is 16.7 Å². The number of unbranched alkanes of at least 4 members (excludes halogenated alkanes) is 6. The Morgan fingerprint density at radius 2 is 1.63 bits per heavy atom. The summed E-state index contributed by atoms with van der Waals surface area (Å²) in [5.41, 5.74) is 3.94. The molecule has 6 nitrogen and oxygen atoms in total. The molecule has 2 aliphatic carbocycles. The average molecular weight is 523 g/mol. The summed E-state index contributed by atoms with van der Waals surface area (Å²) in [7, 11) is 0. The van der Waals surface area contributed by atoms with Gasteiger partial charge in [-0.3, -0.25) is 4.79 Å². The molecule has 1 aromatic carbocycles. The lowest BCUT2D eigenvalue weighted by Crippen LogP contribution is -2.44. The summed E-state index contributed by atoms with van der Waals surface area (Å²) in [6.45, 7) is 12.0. The number of nitrogens with zero attached hydrogens (tertiary/aromatic N) is 1. The Morgan fingerprint density at radius 3 is 2.29 bits per heavy atom. The van der Waals surface area contributed by atoms with Crippen LogP contribution in [0.1, 0.15) is 109 Å². The van der Waals surface area contributed by atoms with E-state index in [9.17, 15) is 9.59 Å². The number of nitrogens with one attached hydrogen (secondary N) is 1. The number of carboxylic acids is 1. The first-order chi connectivity index (χ1) is 18.0. The molecular weight excluding hydrogens is 476 g/mol. The van der Waals surface area contributed by atoms with Crippen LogP contribution in [0.3, 0.4) is 0 Å². The highest BCUT2D eigenvalue weighted by Gasteiger charge is 2.48. The van der Waals surface area contributed by atoms with Gasteiger partial charge in [0.1, 0.15) is 6.61 Å². The Bertz CT molecular complexity index is 1060. The maximum absolute atomic E-state index is 13.0. The molecule has 0 aromatic heterocycles. The third kappa shape index (κ3) is 7.81. The smallest absolute Gasteiger partial charge is 0.335 e. The van der Waals surface area contributed by atoms with Gasteiger partial charge >= 0.3 is 5.97 Å². The number of amides is 1. The van der Waals surface area contributed by atoms with Crippen LogP contribution in [0.5, 0.6) is 0 Å². The van der Waals surface area contributed by atoms with Gasteiger partial charge in [0, 0.05) is 11.6 Å². The van der Waals surface area contributed by atoms with Gasteiger partial charge in [0.2, 0.25) is 5.91 Å². The van der Waals surface area contributed by atoms with Crippen molar-refractivity contribution in [2.75, 3.05) is 11.9 Å². The molecule has 0 bridgehead atoms. The van der Waals surface area contributed by atoms with Crippen molar-refractivity contribution in [3.05, 3.63) is 53.1 Å². The number of rotatable bonds is 13. The molecule has 2 N–H and O–H groups in total. The van der Waals surface area contributed by atoms with Gasteiger partial charge in [-0.25, -0.2) is 4.79 Å². The number of carbonyl (C=O) groups is 2. The van der Waals surface area contributed by atoms with Crippen molar-refractivity contribution < 1.29 is 19.5 Å². The molecule has 0 radical (unpaired) electrons. The first-order valence-electron chi connectivity index (χ1n) is 14.3. The SMILES string of the molecule is CCCCCCCCCON=C1C(CC(=O)Nc2ccc(C(=O)O)cc2)=CC=C2C1C(C)(C)CCC2(C)C. The number of oxime groups is 1. The Morgan fingerprint density at radius 1 is 0.974 bits per heavy atom. The van der Waals surface area contributed by atoms with Crippen molar-refractivity contribution in [1.82, 2.24) is 0 Å². The third-order valence-corrected chi connectivity index (χ3v) is 8.10. The summed E-state index contributed by atoms with van der Waals surface area (Å²) in [6.07, 6.45) is 15.1. The zero-order valence-electron chi connectivity index (χ0n) is 23.9. The second-order valence-electron chi connectivity index (χ2n) is 12.2. The van der Waals surface area contributed by atoms with Gasteiger partial charge in [0.15, 0.2) is 0 Å². The summed E-state index contributed by atoms with van der Waals surface area (Å²) in [5.74, 6) is -1.06. The fourth-order valence-electron chi connectivity index (χ4n) is 5.61. The van der Waals surface area contributed by atoms with E-state index < -0.39 is 5.97 Å². The first-order valence-corrected chi connectivity index (χ1v) is 14.3. The summed E-state index contributed by atoms with van der Waals surface area (Å²) in [4.78, 5) is 30.1. The van der Waals surface area contributed by atoms with Gasteiger partial charge in [-0.05, 0) is 66.4 Å². The van der Waals surface area contributed by atoms with Gasteiger partial charge in [-0.15, -0.1) is 0 Å². The average Bonchev–Trinajstić information content (AvgIpc) is 2.86. The fraction of sp³-hybridized carbons (Fsp3) is 0.594. The summed E-state index contributed by atoms with van der Waals surface area (Å²) in [6, 6.07) is 6.21. The van der Waals surface area contributed by atoms with E-state index in [-0.39, 0.29) is 34.6 Å². The highest BCUT2D eigenvalue weighted by Crippen LogP contribution is 2.54. The van der Waals surface area contributed by atoms with Gasteiger partial charge in [0.05, 0.1) is 17.7 Å². The second kappa shape index (κ2) is 13.3. The molecule has 1 atom stereocenters. The number of hydrogen-bond acceptors (Lipinski definition) is 4.